The van der Waals surface area contributed by atoms with E-state index >= 15 is 0 Å². The third-order valence-corrected chi connectivity index (χ3v) is 2.75. The van der Waals surface area contributed by atoms with Gasteiger partial charge in [-0.25, -0.2) is 4.98 Å². The predicted octanol–water partition coefficient (Wildman–Crippen LogP) is 2.38. The van der Waals surface area contributed by atoms with Crippen LogP contribution in [-0.4, -0.2) is 17.6 Å². The van der Waals surface area contributed by atoms with E-state index in [1.165, 1.54) is 12.1 Å². The van der Waals surface area contributed by atoms with Crippen LogP contribution in [0.25, 0.3) is 0 Å². The highest BCUT2D eigenvalue weighted by Gasteiger charge is 2.04. The Balaban J connectivity index is 2.31. The fourth-order valence-corrected chi connectivity index (χ4v) is 1.90. The average molecular weight is 198 g/mol. The zero-order chi connectivity index (χ0) is 9.68. The van der Waals surface area contributed by atoms with Gasteiger partial charge in [-0.15, -0.1) is 11.3 Å². The Morgan fingerprint density at radius 3 is 2.92 bits per heavy atom. The van der Waals surface area contributed by atoms with Gasteiger partial charge in [0.1, 0.15) is 0 Å². The number of hydrogen-bond donors (Lipinski definition) is 1. The molecule has 13 heavy (non-hydrogen) atoms. The minimum absolute atomic E-state index is 0.543. The zero-order valence-electron chi connectivity index (χ0n) is 8.63. The second kappa shape index (κ2) is 5.35. The fraction of sp³-hybridized carbons (Fsp3) is 0.700. The Morgan fingerprint density at radius 2 is 2.38 bits per heavy atom. The highest BCUT2D eigenvalue weighted by molar-refractivity contribution is 7.09. The predicted molar refractivity (Wildman–Crippen MR) is 58.3 cm³/mol. The van der Waals surface area contributed by atoms with E-state index in [9.17, 15) is 0 Å². The van der Waals surface area contributed by atoms with Crippen LogP contribution in [0.4, 0.5) is 0 Å². The number of hydrogen-bond acceptors (Lipinski definition) is 3. The van der Waals surface area contributed by atoms with Crippen LogP contribution in [0.3, 0.4) is 0 Å². The quantitative estimate of drug-likeness (QED) is 0.785. The molecule has 1 N–H and O–H groups in total. The SMILES string of the molecule is CCCNC(C)Cc1csc(C)n1. The molecule has 1 unspecified atom stereocenters. The van der Waals surface area contributed by atoms with Crippen molar-refractivity contribution in [1.29, 1.82) is 0 Å². The number of nitrogens with zero attached hydrogens (tertiary/aromatic N) is 1. The maximum atomic E-state index is 4.44. The smallest absolute Gasteiger partial charge is 0.0897 e. The molecule has 1 atom stereocenters. The van der Waals surface area contributed by atoms with E-state index < -0.39 is 0 Å². The minimum atomic E-state index is 0.543. The first-order valence-corrected chi connectivity index (χ1v) is 5.74. The van der Waals surface area contributed by atoms with Gasteiger partial charge in [0.05, 0.1) is 10.7 Å². The van der Waals surface area contributed by atoms with E-state index in [0.717, 1.165) is 18.0 Å². The lowest BCUT2D eigenvalue weighted by molar-refractivity contribution is 0.539. The van der Waals surface area contributed by atoms with Gasteiger partial charge in [-0.1, -0.05) is 6.92 Å². The van der Waals surface area contributed by atoms with Gasteiger partial charge < -0.3 is 5.32 Å². The van der Waals surface area contributed by atoms with E-state index in [4.69, 9.17) is 0 Å². The molecule has 0 radical (unpaired) electrons. The number of rotatable bonds is 5. The molecule has 0 aliphatic rings. The van der Waals surface area contributed by atoms with Crippen LogP contribution < -0.4 is 5.32 Å². The molecular formula is C10H18N2S. The van der Waals surface area contributed by atoms with Crippen LogP contribution in [0.15, 0.2) is 5.38 Å². The molecule has 2 nitrogen and oxygen atoms in total. The van der Waals surface area contributed by atoms with E-state index in [2.05, 4.69) is 36.5 Å². The number of nitrogens with one attached hydrogen (secondary N) is 1. The summed E-state index contributed by atoms with van der Waals surface area (Å²) in [6, 6.07) is 0.543. The molecule has 0 saturated heterocycles. The summed E-state index contributed by atoms with van der Waals surface area (Å²) in [4.78, 5) is 4.44. The van der Waals surface area contributed by atoms with Crippen LogP contribution in [-0.2, 0) is 6.42 Å². The van der Waals surface area contributed by atoms with Gasteiger partial charge in [0.2, 0.25) is 0 Å². The summed E-state index contributed by atoms with van der Waals surface area (Å²) in [5.74, 6) is 0. The molecule has 3 heteroatoms. The molecule has 0 aliphatic heterocycles. The van der Waals surface area contributed by atoms with Gasteiger partial charge in [-0.05, 0) is 26.8 Å². The third-order valence-electron chi connectivity index (χ3n) is 1.92. The number of thiazole rings is 1. The van der Waals surface area contributed by atoms with Crippen LogP contribution in [0.2, 0.25) is 0 Å². The molecule has 1 heterocycles. The Labute approximate surface area is 84.4 Å². The maximum absolute atomic E-state index is 4.44. The molecular weight excluding hydrogens is 180 g/mol. The van der Waals surface area contributed by atoms with E-state index in [-0.39, 0.29) is 0 Å². The molecule has 0 bridgehead atoms. The van der Waals surface area contributed by atoms with Crippen molar-refractivity contribution in [2.24, 2.45) is 0 Å². The summed E-state index contributed by atoms with van der Waals surface area (Å²) in [7, 11) is 0. The maximum Gasteiger partial charge on any atom is 0.0897 e. The standard InChI is InChI=1S/C10H18N2S/c1-4-5-11-8(2)6-10-7-13-9(3)12-10/h7-8,11H,4-6H2,1-3H3. The molecule has 1 rings (SSSR count). The van der Waals surface area contributed by atoms with Gasteiger partial charge in [-0.2, -0.15) is 0 Å². The Morgan fingerprint density at radius 1 is 1.62 bits per heavy atom. The van der Waals surface area contributed by atoms with Gasteiger partial charge in [0.25, 0.3) is 0 Å². The first kappa shape index (κ1) is 10.7. The largest absolute Gasteiger partial charge is 0.314 e. The van der Waals surface area contributed by atoms with Crippen LogP contribution in [0, 0.1) is 6.92 Å². The molecule has 0 aliphatic carbocycles. The number of aromatic nitrogens is 1. The second-order valence-electron chi connectivity index (χ2n) is 3.42. The van der Waals surface area contributed by atoms with Gasteiger partial charge >= 0.3 is 0 Å². The second-order valence-corrected chi connectivity index (χ2v) is 4.48. The summed E-state index contributed by atoms with van der Waals surface area (Å²) < 4.78 is 0. The average Bonchev–Trinajstić information content (AvgIpc) is 2.48. The summed E-state index contributed by atoms with van der Waals surface area (Å²) >= 11 is 1.73. The van der Waals surface area contributed by atoms with Gasteiger partial charge in [0.15, 0.2) is 0 Å². The fourth-order valence-electron chi connectivity index (χ4n) is 1.28. The zero-order valence-corrected chi connectivity index (χ0v) is 9.45. The summed E-state index contributed by atoms with van der Waals surface area (Å²) in [5, 5.41) is 6.77. The van der Waals surface area contributed by atoms with E-state index in [1.807, 2.05) is 0 Å². The molecule has 0 spiro atoms. The lowest BCUT2D eigenvalue weighted by atomic mass is 10.2. The van der Waals surface area contributed by atoms with Crippen molar-refractivity contribution in [1.82, 2.24) is 10.3 Å². The first-order chi connectivity index (χ1) is 6.22. The molecule has 74 valence electrons. The first-order valence-electron chi connectivity index (χ1n) is 4.86. The summed E-state index contributed by atoms with van der Waals surface area (Å²) in [6.45, 7) is 7.56. The van der Waals surface area contributed by atoms with Crippen LogP contribution in [0.1, 0.15) is 31.0 Å². The minimum Gasteiger partial charge on any atom is -0.314 e. The summed E-state index contributed by atoms with van der Waals surface area (Å²) in [6.07, 6.45) is 2.24. The molecule has 0 aromatic carbocycles. The molecule has 1 aromatic rings. The highest BCUT2D eigenvalue weighted by atomic mass is 32.1. The normalized spacial score (nSPS) is 13.2. The number of aryl methyl sites for hydroxylation is 1. The van der Waals surface area contributed by atoms with Crippen LogP contribution >= 0.6 is 11.3 Å². The Hall–Kier alpha value is -0.410. The van der Waals surface area contributed by atoms with Gasteiger partial charge in [-0.3, -0.25) is 0 Å². The van der Waals surface area contributed by atoms with E-state index in [0.29, 0.717) is 6.04 Å². The van der Waals surface area contributed by atoms with Crippen molar-refractivity contribution in [3.8, 4) is 0 Å². The van der Waals surface area contributed by atoms with Crippen LogP contribution in [0.5, 0.6) is 0 Å². The lowest BCUT2D eigenvalue weighted by Crippen LogP contribution is -2.28. The topological polar surface area (TPSA) is 24.9 Å². The van der Waals surface area contributed by atoms with E-state index in [1.54, 1.807) is 11.3 Å². The Kier molecular flexibility index (Phi) is 4.39. The third kappa shape index (κ3) is 3.87. The van der Waals surface area contributed by atoms with Gasteiger partial charge in [0, 0.05) is 17.8 Å². The van der Waals surface area contributed by atoms with Crippen molar-refractivity contribution in [2.45, 2.75) is 39.7 Å². The lowest BCUT2D eigenvalue weighted by Gasteiger charge is -2.10. The summed E-state index contributed by atoms with van der Waals surface area (Å²) in [5.41, 5.74) is 1.22. The van der Waals surface area contributed by atoms with Crippen molar-refractivity contribution in [2.75, 3.05) is 6.54 Å². The van der Waals surface area contributed by atoms with Crippen molar-refractivity contribution in [3.63, 3.8) is 0 Å². The van der Waals surface area contributed by atoms with Crippen molar-refractivity contribution in [3.05, 3.63) is 16.1 Å². The molecule has 1 aromatic heterocycles. The van der Waals surface area contributed by atoms with Crippen molar-refractivity contribution < 1.29 is 0 Å². The van der Waals surface area contributed by atoms with Crippen molar-refractivity contribution >= 4 is 11.3 Å². The molecule has 0 amide bonds. The monoisotopic (exact) mass is 198 g/mol. The molecule has 0 fully saturated rings. The molecule has 0 saturated carbocycles. The highest BCUT2D eigenvalue weighted by Crippen LogP contribution is 2.09. The Bertz CT molecular complexity index is 245.